The first kappa shape index (κ1) is 17.8. The number of nitrogens with two attached hydrogens (primary N) is 1. The molecule has 5 nitrogen and oxygen atoms in total. The highest BCUT2D eigenvalue weighted by Gasteiger charge is 2.42. The van der Waals surface area contributed by atoms with Gasteiger partial charge >= 0.3 is 0 Å². The van der Waals surface area contributed by atoms with E-state index in [9.17, 15) is 0 Å². The molecule has 2 atom stereocenters. The maximum absolute atomic E-state index is 6.68. The van der Waals surface area contributed by atoms with Crippen LogP contribution in [0, 0.1) is 0 Å². The molecule has 2 fully saturated rings. The molecule has 0 amide bonds. The summed E-state index contributed by atoms with van der Waals surface area (Å²) in [6.07, 6.45) is 8.35. The Kier molecular flexibility index (Phi) is 4.75. The zero-order valence-corrected chi connectivity index (χ0v) is 16.7. The molecular formula is C18H32N4OSi. The van der Waals surface area contributed by atoms with Crippen molar-refractivity contribution < 1.29 is 4.43 Å². The van der Waals surface area contributed by atoms with E-state index >= 15 is 0 Å². The first-order valence-electron chi connectivity index (χ1n) is 9.19. The van der Waals surface area contributed by atoms with Crippen molar-refractivity contribution in [2.45, 2.75) is 82.8 Å². The lowest BCUT2D eigenvalue weighted by atomic mass is 10.1. The molecule has 0 radical (unpaired) electrons. The van der Waals surface area contributed by atoms with Crippen LogP contribution < -0.4 is 10.6 Å². The van der Waals surface area contributed by atoms with E-state index < -0.39 is 8.32 Å². The average molecular weight is 349 g/mol. The lowest BCUT2D eigenvalue weighted by Gasteiger charge is -2.45. The molecule has 6 heteroatoms. The van der Waals surface area contributed by atoms with Crippen LogP contribution in [0.3, 0.4) is 0 Å². The van der Waals surface area contributed by atoms with E-state index in [0.717, 1.165) is 25.3 Å². The molecule has 0 aromatic carbocycles. The summed E-state index contributed by atoms with van der Waals surface area (Å²) in [5.41, 5.74) is 7.51. The van der Waals surface area contributed by atoms with Gasteiger partial charge in [-0.1, -0.05) is 20.8 Å². The molecule has 1 saturated carbocycles. The fourth-order valence-electron chi connectivity index (χ4n) is 2.92. The van der Waals surface area contributed by atoms with Gasteiger partial charge in [-0.2, -0.15) is 0 Å². The van der Waals surface area contributed by atoms with Crippen molar-refractivity contribution in [1.82, 2.24) is 9.97 Å². The zero-order chi connectivity index (χ0) is 17.5. The summed E-state index contributed by atoms with van der Waals surface area (Å²) in [6.45, 7) is 12.3. The topological polar surface area (TPSA) is 64.3 Å². The summed E-state index contributed by atoms with van der Waals surface area (Å²) >= 11 is 0. The van der Waals surface area contributed by atoms with E-state index in [1.54, 1.807) is 0 Å². The van der Waals surface area contributed by atoms with E-state index in [2.05, 4.69) is 48.7 Å². The van der Waals surface area contributed by atoms with Gasteiger partial charge in [0.25, 0.3) is 0 Å². The highest BCUT2D eigenvalue weighted by atomic mass is 28.4. The third kappa shape index (κ3) is 3.81. The van der Waals surface area contributed by atoms with Crippen molar-refractivity contribution in [3.63, 3.8) is 0 Å². The minimum atomic E-state index is -1.87. The van der Waals surface area contributed by atoms with Crippen LogP contribution in [0.2, 0.25) is 18.1 Å². The predicted molar refractivity (Wildman–Crippen MR) is 101 cm³/mol. The molecule has 1 aromatic heterocycles. The lowest BCUT2D eigenvalue weighted by molar-refractivity contribution is 0.136. The molecule has 0 spiro atoms. The lowest BCUT2D eigenvalue weighted by Crippen LogP contribution is -2.55. The summed E-state index contributed by atoms with van der Waals surface area (Å²) < 4.78 is 6.68. The molecule has 1 saturated heterocycles. The zero-order valence-electron chi connectivity index (χ0n) is 15.7. The number of anilines is 1. The van der Waals surface area contributed by atoms with Gasteiger partial charge in [0.15, 0.2) is 8.32 Å². The van der Waals surface area contributed by atoms with Gasteiger partial charge in [0, 0.05) is 31.4 Å². The molecule has 24 heavy (non-hydrogen) atoms. The SMILES string of the molecule is CC(C)(C)[Si](C)(C)OC1CC(N)CCN1c1ncc(C2CC2)cn1. The third-order valence-electron chi connectivity index (χ3n) is 5.79. The number of hydrogen-bond donors (Lipinski definition) is 1. The Balaban J connectivity index is 1.78. The second-order valence-corrected chi connectivity index (χ2v) is 13.7. The summed E-state index contributed by atoms with van der Waals surface area (Å²) in [6, 6.07) is 0.196. The normalized spacial score (nSPS) is 25.8. The standard InChI is InChI=1S/C18H32N4OSi/c1-18(2,3)24(4,5)23-16-10-15(19)8-9-22(16)17-20-11-14(12-21-17)13-6-7-13/h11-13,15-16H,6-10,19H2,1-5H3. The van der Waals surface area contributed by atoms with Crippen LogP contribution in [-0.4, -0.2) is 37.1 Å². The Hall–Kier alpha value is -0.983. The summed E-state index contributed by atoms with van der Waals surface area (Å²) in [7, 11) is -1.87. The number of aromatic nitrogens is 2. The van der Waals surface area contributed by atoms with Gasteiger partial charge in [0.1, 0.15) is 6.23 Å². The van der Waals surface area contributed by atoms with E-state index in [0.29, 0.717) is 5.92 Å². The first-order valence-corrected chi connectivity index (χ1v) is 12.1. The third-order valence-corrected chi connectivity index (χ3v) is 10.3. The predicted octanol–water partition coefficient (Wildman–Crippen LogP) is 3.63. The maximum atomic E-state index is 6.68. The molecule has 0 bridgehead atoms. The van der Waals surface area contributed by atoms with Crippen molar-refractivity contribution in [3.05, 3.63) is 18.0 Å². The second-order valence-electron chi connectivity index (χ2n) is 8.90. The summed E-state index contributed by atoms with van der Waals surface area (Å²) in [5.74, 6) is 1.48. The highest BCUT2D eigenvalue weighted by Crippen LogP contribution is 2.40. The van der Waals surface area contributed by atoms with Crippen molar-refractivity contribution in [2.75, 3.05) is 11.4 Å². The molecule has 2 heterocycles. The minimum absolute atomic E-state index is 0.0126. The fourth-order valence-corrected chi connectivity index (χ4v) is 4.17. The number of hydrogen-bond acceptors (Lipinski definition) is 5. The Morgan fingerprint density at radius 2 is 1.79 bits per heavy atom. The average Bonchev–Trinajstić information content (AvgIpc) is 3.31. The number of nitrogens with zero attached hydrogens (tertiary/aromatic N) is 3. The molecular weight excluding hydrogens is 316 g/mol. The second kappa shape index (κ2) is 6.39. The van der Waals surface area contributed by atoms with Crippen molar-refractivity contribution >= 4 is 14.3 Å². The van der Waals surface area contributed by atoms with Gasteiger partial charge in [-0.05, 0) is 48.9 Å². The van der Waals surface area contributed by atoms with Crippen LogP contribution in [0.25, 0.3) is 0 Å². The Morgan fingerprint density at radius 1 is 1.17 bits per heavy atom. The maximum Gasteiger partial charge on any atom is 0.227 e. The van der Waals surface area contributed by atoms with Crippen LogP contribution >= 0.6 is 0 Å². The molecule has 2 N–H and O–H groups in total. The Bertz CT molecular complexity index is 565. The van der Waals surface area contributed by atoms with Crippen LogP contribution in [-0.2, 0) is 4.43 Å². The van der Waals surface area contributed by atoms with E-state index in [1.165, 1.54) is 18.4 Å². The number of rotatable bonds is 4. The van der Waals surface area contributed by atoms with Gasteiger partial charge in [-0.3, -0.25) is 0 Å². The van der Waals surface area contributed by atoms with E-state index in [1.807, 2.05) is 12.4 Å². The molecule has 1 aliphatic heterocycles. The molecule has 2 aliphatic rings. The van der Waals surface area contributed by atoms with Crippen LogP contribution in [0.4, 0.5) is 5.95 Å². The van der Waals surface area contributed by atoms with E-state index in [4.69, 9.17) is 10.2 Å². The van der Waals surface area contributed by atoms with Gasteiger partial charge in [-0.25, -0.2) is 9.97 Å². The Labute approximate surface area is 147 Å². The van der Waals surface area contributed by atoms with Crippen molar-refractivity contribution in [2.24, 2.45) is 5.73 Å². The molecule has 3 rings (SSSR count). The van der Waals surface area contributed by atoms with Gasteiger partial charge in [-0.15, -0.1) is 0 Å². The van der Waals surface area contributed by atoms with Crippen molar-refractivity contribution in [3.8, 4) is 0 Å². The van der Waals surface area contributed by atoms with Crippen LogP contribution in [0.15, 0.2) is 12.4 Å². The van der Waals surface area contributed by atoms with Gasteiger partial charge < -0.3 is 15.1 Å². The van der Waals surface area contributed by atoms with E-state index in [-0.39, 0.29) is 17.3 Å². The van der Waals surface area contributed by atoms with Crippen molar-refractivity contribution in [1.29, 1.82) is 0 Å². The van der Waals surface area contributed by atoms with Gasteiger partial charge in [0.05, 0.1) is 0 Å². The largest absolute Gasteiger partial charge is 0.397 e. The molecule has 134 valence electrons. The quantitative estimate of drug-likeness (QED) is 0.842. The van der Waals surface area contributed by atoms with Crippen LogP contribution in [0.1, 0.15) is 57.9 Å². The molecule has 2 unspecified atom stereocenters. The number of piperidine rings is 1. The fraction of sp³-hybridized carbons (Fsp3) is 0.778. The Morgan fingerprint density at radius 3 is 2.33 bits per heavy atom. The monoisotopic (exact) mass is 348 g/mol. The highest BCUT2D eigenvalue weighted by molar-refractivity contribution is 6.74. The van der Waals surface area contributed by atoms with Crippen LogP contribution in [0.5, 0.6) is 0 Å². The molecule has 1 aromatic rings. The minimum Gasteiger partial charge on any atom is -0.397 e. The summed E-state index contributed by atoms with van der Waals surface area (Å²) in [5, 5.41) is 0.177. The summed E-state index contributed by atoms with van der Waals surface area (Å²) in [4.78, 5) is 11.5. The molecule has 1 aliphatic carbocycles. The smallest absolute Gasteiger partial charge is 0.227 e. The first-order chi connectivity index (χ1) is 11.2. The van der Waals surface area contributed by atoms with Gasteiger partial charge in [0.2, 0.25) is 5.95 Å².